The number of benzene rings is 1. The Morgan fingerprint density at radius 2 is 2.23 bits per heavy atom. The van der Waals surface area contributed by atoms with E-state index < -0.39 is 0 Å². The second kappa shape index (κ2) is 6.67. The van der Waals surface area contributed by atoms with Crippen molar-refractivity contribution >= 4 is 22.9 Å². The molecule has 1 aliphatic rings. The summed E-state index contributed by atoms with van der Waals surface area (Å²) in [6.45, 7) is 1.06. The van der Waals surface area contributed by atoms with E-state index in [-0.39, 0.29) is 5.91 Å². The average molecular weight is 310 g/mol. The number of amides is 1. The second-order valence-corrected chi connectivity index (χ2v) is 6.50. The number of carbonyl (C=O) groups excluding carboxylic acids is 1. The Labute approximate surface area is 135 Å². The zero-order chi connectivity index (χ0) is 15.4. The fraction of sp³-hybridized carbons (Fsp3) is 0.278. The summed E-state index contributed by atoms with van der Waals surface area (Å²) in [4.78, 5) is 15.5. The minimum Gasteiger partial charge on any atom is -0.357 e. The Morgan fingerprint density at radius 1 is 1.36 bits per heavy atom. The van der Waals surface area contributed by atoms with Crippen LogP contribution in [0.1, 0.15) is 23.3 Å². The molecule has 2 aromatic rings. The molecule has 0 spiro atoms. The van der Waals surface area contributed by atoms with Gasteiger partial charge in [-0.05, 0) is 42.5 Å². The van der Waals surface area contributed by atoms with Crippen LogP contribution in [0, 0.1) is 12.3 Å². The minimum atomic E-state index is 0.0742. The zero-order valence-corrected chi connectivity index (χ0v) is 13.1. The molecule has 0 aliphatic heterocycles. The summed E-state index contributed by atoms with van der Waals surface area (Å²) in [5.74, 6) is 2.73. The molecule has 112 valence electrons. The molecule has 1 fully saturated rings. The van der Waals surface area contributed by atoms with Crippen molar-refractivity contribution < 1.29 is 4.79 Å². The van der Waals surface area contributed by atoms with Crippen LogP contribution in [-0.4, -0.2) is 18.5 Å². The predicted molar refractivity (Wildman–Crippen MR) is 90.9 cm³/mol. The van der Waals surface area contributed by atoms with Crippen molar-refractivity contribution in [1.29, 1.82) is 0 Å². The molecule has 1 N–H and O–H groups in total. The quantitative estimate of drug-likeness (QED) is 0.832. The van der Waals surface area contributed by atoms with Crippen LogP contribution in [0.15, 0.2) is 41.8 Å². The summed E-state index contributed by atoms with van der Waals surface area (Å²) in [6.07, 6.45) is 7.69. The Balaban J connectivity index is 1.77. The maximum atomic E-state index is 12.2. The monoisotopic (exact) mass is 310 g/mol. The summed E-state index contributed by atoms with van der Waals surface area (Å²) in [7, 11) is 0. The number of nitrogens with one attached hydrogen (secondary N) is 1. The van der Waals surface area contributed by atoms with Crippen LogP contribution in [0.25, 0.3) is 0 Å². The molecule has 1 saturated carbocycles. The first kappa shape index (κ1) is 14.7. The molecule has 0 atom stereocenters. The highest BCUT2D eigenvalue weighted by molar-refractivity contribution is 7.09. The van der Waals surface area contributed by atoms with E-state index in [9.17, 15) is 4.79 Å². The van der Waals surface area contributed by atoms with E-state index in [1.807, 2.05) is 30.3 Å². The fourth-order valence-corrected chi connectivity index (χ4v) is 3.02. The number of terminal acetylenes is 1. The largest absolute Gasteiger partial charge is 0.357 e. The highest BCUT2D eigenvalue weighted by Crippen LogP contribution is 2.22. The zero-order valence-electron chi connectivity index (χ0n) is 12.3. The van der Waals surface area contributed by atoms with Crippen LogP contribution < -0.4 is 10.2 Å². The Kier molecular flexibility index (Phi) is 4.45. The van der Waals surface area contributed by atoms with Crippen LogP contribution in [-0.2, 0) is 11.3 Å². The van der Waals surface area contributed by atoms with E-state index in [2.05, 4.69) is 27.6 Å². The van der Waals surface area contributed by atoms with Crippen LogP contribution in [0.3, 0.4) is 0 Å². The van der Waals surface area contributed by atoms with Crippen LogP contribution in [0.2, 0.25) is 0 Å². The molecule has 22 heavy (non-hydrogen) atoms. The highest BCUT2D eigenvalue weighted by Gasteiger charge is 2.24. The van der Waals surface area contributed by atoms with Gasteiger partial charge in [-0.1, -0.05) is 18.1 Å². The van der Waals surface area contributed by atoms with Crippen molar-refractivity contribution in [3.8, 4) is 12.3 Å². The van der Waals surface area contributed by atoms with E-state index >= 15 is 0 Å². The predicted octanol–water partition coefficient (Wildman–Crippen LogP) is 3.01. The van der Waals surface area contributed by atoms with Gasteiger partial charge in [-0.25, -0.2) is 0 Å². The number of hydrogen-bond acceptors (Lipinski definition) is 3. The third-order valence-corrected chi connectivity index (χ3v) is 4.44. The number of carbonyl (C=O) groups is 1. The van der Waals surface area contributed by atoms with Gasteiger partial charge in [-0.15, -0.1) is 17.8 Å². The van der Waals surface area contributed by atoms with Crippen molar-refractivity contribution in [2.45, 2.75) is 25.4 Å². The molecular weight excluding hydrogens is 292 g/mol. The van der Waals surface area contributed by atoms with Gasteiger partial charge in [0.25, 0.3) is 0 Å². The van der Waals surface area contributed by atoms with Crippen molar-refractivity contribution in [2.75, 3.05) is 11.4 Å². The number of hydrogen-bond donors (Lipinski definition) is 1. The molecule has 0 bridgehead atoms. The third-order valence-electron chi connectivity index (χ3n) is 3.58. The summed E-state index contributed by atoms with van der Waals surface area (Å²) < 4.78 is 0. The van der Waals surface area contributed by atoms with Crippen molar-refractivity contribution in [3.63, 3.8) is 0 Å². The smallest absolute Gasteiger partial charge is 0.239 e. The first-order valence-electron chi connectivity index (χ1n) is 7.38. The van der Waals surface area contributed by atoms with Crippen LogP contribution >= 0.6 is 11.3 Å². The number of nitrogens with zero attached hydrogens (tertiary/aromatic N) is 1. The SMILES string of the molecule is C#Cc1cccc(N(CC(=O)NC2CC2)Cc2cccs2)c1. The fourth-order valence-electron chi connectivity index (χ4n) is 2.30. The molecular formula is C18H18N2OS. The highest BCUT2D eigenvalue weighted by atomic mass is 32.1. The van der Waals surface area contributed by atoms with E-state index in [0.717, 1.165) is 24.1 Å². The van der Waals surface area contributed by atoms with Gasteiger partial charge in [0.05, 0.1) is 13.1 Å². The first-order chi connectivity index (χ1) is 10.7. The van der Waals surface area contributed by atoms with Crippen molar-refractivity contribution in [2.24, 2.45) is 0 Å². The maximum absolute atomic E-state index is 12.2. The maximum Gasteiger partial charge on any atom is 0.239 e. The van der Waals surface area contributed by atoms with Gasteiger partial charge in [-0.2, -0.15) is 0 Å². The van der Waals surface area contributed by atoms with Gasteiger partial charge in [0.15, 0.2) is 0 Å². The molecule has 4 heteroatoms. The molecule has 3 rings (SSSR count). The molecule has 1 amide bonds. The number of thiophene rings is 1. The van der Waals surface area contributed by atoms with Gasteiger partial charge in [0.2, 0.25) is 5.91 Å². The van der Waals surface area contributed by atoms with Gasteiger partial charge in [0, 0.05) is 22.2 Å². The lowest BCUT2D eigenvalue weighted by Gasteiger charge is -2.24. The molecule has 0 unspecified atom stereocenters. The van der Waals surface area contributed by atoms with Crippen molar-refractivity contribution in [3.05, 3.63) is 52.2 Å². The van der Waals surface area contributed by atoms with Gasteiger partial charge >= 0.3 is 0 Å². The lowest BCUT2D eigenvalue weighted by molar-refractivity contribution is -0.119. The summed E-state index contributed by atoms with van der Waals surface area (Å²) >= 11 is 1.70. The molecule has 1 aromatic carbocycles. The molecule has 1 aromatic heterocycles. The van der Waals surface area contributed by atoms with Crippen molar-refractivity contribution in [1.82, 2.24) is 5.32 Å². The van der Waals surface area contributed by atoms with Gasteiger partial charge < -0.3 is 10.2 Å². The Hall–Kier alpha value is -2.25. The van der Waals surface area contributed by atoms with E-state index in [4.69, 9.17) is 6.42 Å². The summed E-state index contributed by atoms with van der Waals surface area (Å²) in [5, 5.41) is 5.10. The standard InChI is InChI=1S/C18H18N2OS/c1-2-14-5-3-6-16(11-14)20(12-17-7-4-10-22-17)13-18(21)19-15-8-9-15/h1,3-7,10-11,15H,8-9,12-13H2,(H,19,21). The Morgan fingerprint density at radius 3 is 2.91 bits per heavy atom. The van der Waals surface area contributed by atoms with Crippen LogP contribution in [0.5, 0.6) is 0 Å². The molecule has 0 saturated heterocycles. The summed E-state index contributed by atoms with van der Waals surface area (Å²) in [5.41, 5.74) is 1.81. The van der Waals surface area contributed by atoms with E-state index in [0.29, 0.717) is 19.1 Å². The lowest BCUT2D eigenvalue weighted by Crippen LogP contribution is -2.37. The first-order valence-corrected chi connectivity index (χ1v) is 8.26. The van der Waals surface area contributed by atoms with E-state index in [1.54, 1.807) is 11.3 Å². The van der Waals surface area contributed by atoms with E-state index in [1.165, 1.54) is 4.88 Å². The number of anilines is 1. The topological polar surface area (TPSA) is 32.3 Å². The van der Waals surface area contributed by atoms with Gasteiger partial charge in [-0.3, -0.25) is 4.79 Å². The molecule has 3 nitrogen and oxygen atoms in total. The van der Waals surface area contributed by atoms with Gasteiger partial charge in [0.1, 0.15) is 0 Å². The minimum absolute atomic E-state index is 0.0742. The number of rotatable bonds is 6. The molecule has 1 heterocycles. The third kappa shape index (κ3) is 3.90. The lowest BCUT2D eigenvalue weighted by atomic mass is 10.2. The normalized spacial score (nSPS) is 13.4. The Bertz CT molecular complexity index is 683. The average Bonchev–Trinajstić information content (AvgIpc) is 3.19. The molecule has 0 radical (unpaired) electrons. The molecule has 1 aliphatic carbocycles. The summed E-state index contributed by atoms with van der Waals surface area (Å²) in [6, 6.07) is 12.3. The van der Waals surface area contributed by atoms with Crippen LogP contribution in [0.4, 0.5) is 5.69 Å². The second-order valence-electron chi connectivity index (χ2n) is 5.47.